The number of thioether (sulfide) groups is 1. The number of hydrogen-bond donors (Lipinski definition) is 1. The lowest BCUT2D eigenvalue weighted by atomic mass is 10.1. The number of aryl methyl sites for hydroxylation is 3. The first-order chi connectivity index (χ1) is 13.4. The molecule has 0 saturated heterocycles. The Kier molecular flexibility index (Phi) is 6.72. The van der Waals surface area contributed by atoms with E-state index in [2.05, 4.69) is 15.3 Å². The summed E-state index contributed by atoms with van der Waals surface area (Å²) in [6.07, 6.45) is 5.12. The Morgan fingerprint density at radius 1 is 1.18 bits per heavy atom. The van der Waals surface area contributed by atoms with Crippen LogP contribution in [0.2, 0.25) is 0 Å². The second kappa shape index (κ2) is 9.05. The van der Waals surface area contributed by atoms with Crippen LogP contribution < -0.4 is 5.32 Å². The summed E-state index contributed by atoms with van der Waals surface area (Å²) in [6, 6.07) is 1.90. The quantitative estimate of drug-likeness (QED) is 0.336. The smallest absolute Gasteiger partial charge is 0.341 e. The van der Waals surface area contributed by atoms with Crippen molar-refractivity contribution >= 4 is 40.0 Å². The van der Waals surface area contributed by atoms with E-state index < -0.39 is 5.25 Å². The lowest BCUT2D eigenvalue weighted by Gasteiger charge is -2.12. The monoisotopic (exact) mass is 419 g/mol. The molecule has 6 nitrogen and oxygen atoms in total. The maximum absolute atomic E-state index is 12.8. The number of nitrogens with one attached hydrogen (secondary N) is 1. The van der Waals surface area contributed by atoms with Crippen molar-refractivity contribution in [2.24, 2.45) is 0 Å². The van der Waals surface area contributed by atoms with Gasteiger partial charge in [-0.3, -0.25) is 4.79 Å². The van der Waals surface area contributed by atoms with Gasteiger partial charge in [0.1, 0.15) is 5.00 Å². The molecule has 1 aliphatic rings. The molecule has 0 fully saturated rings. The Morgan fingerprint density at radius 3 is 2.54 bits per heavy atom. The van der Waals surface area contributed by atoms with Crippen molar-refractivity contribution in [3.05, 3.63) is 33.5 Å². The highest BCUT2D eigenvalue weighted by Gasteiger charge is 2.27. The van der Waals surface area contributed by atoms with Crippen LogP contribution in [0.1, 0.15) is 58.4 Å². The van der Waals surface area contributed by atoms with Crippen LogP contribution in [-0.2, 0) is 22.4 Å². The Morgan fingerprint density at radius 2 is 1.86 bits per heavy atom. The zero-order valence-corrected chi connectivity index (χ0v) is 18.3. The summed E-state index contributed by atoms with van der Waals surface area (Å²) in [7, 11) is 1.38. The number of carbonyl (C=O) groups is 2. The van der Waals surface area contributed by atoms with Crippen molar-refractivity contribution in [2.45, 2.75) is 63.3 Å². The number of methoxy groups -OCH3 is 1. The average Bonchev–Trinajstić information content (AvgIpc) is 2.81. The molecule has 0 radical (unpaired) electrons. The highest BCUT2D eigenvalue weighted by Crippen LogP contribution is 2.38. The molecule has 2 aromatic rings. The van der Waals surface area contributed by atoms with E-state index in [1.54, 1.807) is 0 Å². The minimum Gasteiger partial charge on any atom is -0.465 e. The maximum atomic E-state index is 12.8. The van der Waals surface area contributed by atoms with E-state index in [1.165, 1.54) is 35.1 Å². The Labute approximate surface area is 173 Å². The third-order valence-corrected chi connectivity index (χ3v) is 6.83. The summed E-state index contributed by atoms with van der Waals surface area (Å²) < 4.78 is 5.00. The molecule has 1 atom stereocenters. The summed E-state index contributed by atoms with van der Waals surface area (Å²) in [5.41, 5.74) is 3.32. The molecule has 2 heterocycles. The zero-order chi connectivity index (χ0) is 20.3. The fourth-order valence-electron chi connectivity index (χ4n) is 3.32. The number of anilines is 1. The number of carbonyl (C=O) groups excluding carboxylic acids is 2. The number of ether oxygens (including phenoxy) is 1. The number of aromatic nitrogens is 2. The second-order valence-electron chi connectivity index (χ2n) is 6.94. The molecule has 8 heteroatoms. The van der Waals surface area contributed by atoms with Gasteiger partial charge in [0.25, 0.3) is 0 Å². The molecule has 0 bridgehead atoms. The lowest BCUT2D eigenvalue weighted by molar-refractivity contribution is -0.115. The fraction of sp³-hybridized carbons (Fsp3) is 0.500. The van der Waals surface area contributed by atoms with Gasteiger partial charge in [-0.15, -0.1) is 11.3 Å². The molecule has 28 heavy (non-hydrogen) atoms. The van der Waals surface area contributed by atoms with Gasteiger partial charge in [0.2, 0.25) is 5.91 Å². The number of esters is 1. The van der Waals surface area contributed by atoms with Crippen LogP contribution in [0, 0.1) is 13.8 Å². The molecule has 3 rings (SSSR count). The molecule has 1 unspecified atom stereocenters. The molecule has 0 saturated carbocycles. The standard InChI is InChI=1S/C20H25N3O3S2/c1-11-10-12(2)22-20(21-11)27-13(3)17(24)23-18-16(19(25)26-4)14-8-6-5-7-9-15(14)28-18/h10,13H,5-9H2,1-4H3,(H,23,24). The van der Waals surface area contributed by atoms with Crippen molar-refractivity contribution in [2.75, 3.05) is 12.4 Å². The predicted octanol–water partition coefficient (Wildman–Crippen LogP) is 4.33. The zero-order valence-electron chi connectivity index (χ0n) is 16.6. The molecule has 0 spiro atoms. The maximum Gasteiger partial charge on any atom is 0.341 e. The highest BCUT2D eigenvalue weighted by molar-refractivity contribution is 8.00. The topological polar surface area (TPSA) is 81.2 Å². The summed E-state index contributed by atoms with van der Waals surface area (Å²) in [5, 5.41) is 3.73. The first-order valence-corrected chi connectivity index (χ1v) is 11.1. The van der Waals surface area contributed by atoms with E-state index in [-0.39, 0.29) is 11.9 Å². The largest absolute Gasteiger partial charge is 0.465 e. The molecule has 150 valence electrons. The van der Waals surface area contributed by atoms with Crippen molar-refractivity contribution in [3.63, 3.8) is 0 Å². The third kappa shape index (κ3) is 4.72. The van der Waals surface area contributed by atoms with Gasteiger partial charge in [-0.05, 0) is 58.1 Å². The Balaban J connectivity index is 1.80. The summed E-state index contributed by atoms with van der Waals surface area (Å²) >= 11 is 2.81. The van der Waals surface area contributed by atoms with Crippen LogP contribution in [0.25, 0.3) is 0 Å². The van der Waals surface area contributed by atoms with Crippen LogP contribution in [0.4, 0.5) is 5.00 Å². The van der Waals surface area contributed by atoms with Gasteiger partial charge >= 0.3 is 5.97 Å². The van der Waals surface area contributed by atoms with Crippen LogP contribution in [-0.4, -0.2) is 34.2 Å². The lowest BCUT2D eigenvalue weighted by Crippen LogP contribution is -2.23. The predicted molar refractivity (Wildman–Crippen MR) is 112 cm³/mol. The number of hydrogen-bond acceptors (Lipinski definition) is 7. The molecule has 1 N–H and O–H groups in total. The molecule has 2 aromatic heterocycles. The van der Waals surface area contributed by atoms with E-state index in [0.717, 1.165) is 49.1 Å². The highest BCUT2D eigenvalue weighted by atomic mass is 32.2. The van der Waals surface area contributed by atoms with Crippen molar-refractivity contribution in [1.29, 1.82) is 0 Å². The second-order valence-corrected chi connectivity index (χ2v) is 9.36. The molecule has 1 aliphatic carbocycles. The summed E-state index contributed by atoms with van der Waals surface area (Å²) in [4.78, 5) is 35.2. The van der Waals surface area contributed by atoms with Gasteiger partial charge < -0.3 is 10.1 Å². The first-order valence-electron chi connectivity index (χ1n) is 9.41. The summed E-state index contributed by atoms with van der Waals surface area (Å²) in [6.45, 7) is 5.63. The van der Waals surface area contributed by atoms with E-state index in [1.807, 2.05) is 26.8 Å². The van der Waals surface area contributed by atoms with Gasteiger partial charge in [-0.25, -0.2) is 14.8 Å². The summed E-state index contributed by atoms with van der Waals surface area (Å²) in [5.74, 6) is -0.554. The Bertz CT molecular complexity index is 875. The van der Waals surface area contributed by atoms with E-state index in [4.69, 9.17) is 4.74 Å². The van der Waals surface area contributed by atoms with Gasteiger partial charge in [-0.1, -0.05) is 18.2 Å². The van der Waals surface area contributed by atoms with Crippen molar-refractivity contribution in [1.82, 2.24) is 9.97 Å². The minimum absolute atomic E-state index is 0.172. The minimum atomic E-state index is -0.395. The van der Waals surface area contributed by atoms with Gasteiger partial charge in [0.05, 0.1) is 17.9 Å². The molecular formula is C20H25N3O3S2. The van der Waals surface area contributed by atoms with E-state index in [9.17, 15) is 9.59 Å². The normalized spacial score (nSPS) is 14.7. The molecular weight excluding hydrogens is 394 g/mol. The Hall–Kier alpha value is -1.93. The molecule has 0 aliphatic heterocycles. The van der Waals surface area contributed by atoms with Gasteiger partial charge in [-0.2, -0.15) is 0 Å². The first kappa shape index (κ1) is 20.8. The van der Waals surface area contributed by atoms with E-state index in [0.29, 0.717) is 15.7 Å². The van der Waals surface area contributed by atoms with Crippen LogP contribution in [0.5, 0.6) is 0 Å². The van der Waals surface area contributed by atoms with Crippen molar-refractivity contribution in [3.8, 4) is 0 Å². The SMILES string of the molecule is COC(=O)c1c(NC(=O)C(C)Sc2nc(C)cc(C)n2)sc2c1CCCCC2. The number of rotatable bonds is 5. The number of thiophene rings is 1. The van der Waals surface area contributed by atoms with Crippen LogP contribution in [0.15, 0.2) is 11.2 Å². The van der Waals surface area contributed by atoms with Gasteiger partial charge in [0.15, 0.2) is 5.16 Å². The molecule has 0 aromatic carbocycles. The fourth-order valence-corrected chi connectivity index (χ4v) is 5.48. The van der Waals surface area contributed by atoms with Crippen LogP contribution >= 0.6 is 23.1 Å². The number of amides is 1. The van der Waals surface area contributed by atoms with Crippen molar-refractivity contribution < 1.29 is 14.3 Å². The average molecular weight is 420 g/mol. The number of fused-ring (bicyclic) bond motifs is 1. The number of nitrogens with zero attached hydrogens (tertiary/aromatic N) is 2. The molecule has 1 amide bonds. The third-order valence-electron chi connectivity index (χ3n) is 4.66. The van der Waals surface area contributed by atoms with Crippen LogP contribution in [0.3, 0.4) is 0 Å². The van der Waals surface area contributed by atoms with E-state index >= 15 is 0 Å². The van der Waals surface area contributed by atoms with Gasteiger partial charge in [0, 0.05) is 16.3 Å².